The van der Waals surface area contributed by atoms with Gasteiger partial charge in [-0.3, -0.25) is 0 Å². The Hall–Kier alpha value is -1.85. The topological polar surface area (TPSA) is 74.7 Å². The molecular formula is C16H16BrN3O. The van der Waals surface area contributed by atoms with Crippen LogP contribution in [0.25, 0.3) is 11.0 Å². The number of nitrogens with two attached hydrogens (primary N) is 1. The first kappa shape index (κ1) is 14.1. The summed E-state index contributed by atoms with van der Waals surface area (Å²) in [6.45, 7) is 4.12. The Balaban J connectivity index is 2.13. The molecule has 4 N–H and O–H groups in total. The van der Waals surface area contributed by atoms with E-state index in [0.717, 1.165) is 26.6 Å². The Morgan fingerprint density at radius 1 is 1.00 bits per heavy atom. The van der Waals surface area contributed by atoms with E-state index >= 15 is 0 Å². The fourth-order valence-electron chi connectivity index (χ4n) is 2.68. The van der Waals surface area contributed by atoms with E-state index in [4.69, 9.17) is 5.73 Å². The standard InChI is InChI=1S/C16H16BrN3O/c1-8-3-9(2)5-10(4-8)15(18)11-6-13-14(7-12(11)17)20-16(21)19-13/h3-7,15H,18H2,1-2H3,(H2,19,20,21). The third kappa shape index (κ3) is 2.66. The van der Waals surface area contributed by atoms with Crippen LogP contribution in [0.2, 0.25) is 0 Å². The molecule has 1 atom stereocenters. The van der Waals surface area contributed by atoms with Crippen molar-refractivity contribution in [2.75, 3.05) is 0 Å². The third-order valence-electron chi connectivity index (χ3n) is 3.57. The van der Waals surface area contributed by atoms with Gasteiger partial charge in [-0.1, -0.05) is 45.3 Å². The Morgan fingerprint density at radius 2 is 1.57 bits per heavy atom. The number of benzene rings is 2. The van der Waals surface area contributed by atoms with E-state index in [1.54, 1.807) is 0 Å². The SMILES string of the molecule is Cc1cc(C)cc(C(N)c2cc3[nH]c(=O)[nH]c3cc2Br)c1. The van der Waals surface area contributed by atoms with Gasteiger partial charge in [-0.15, -0.1) is 0 Å². The molecule has 1 aromatic heterocycles. The summed E-state index contributed by atoms with van der Waals surface area (Å²) in [4.78, 5) is 16.9. The summed E-state index contributed by atoms with van der Waals surface area (Å²) < 4.78 is 0.886. The second-order valence-electron chi connectivity index (χ2n) is 5.40. The third-order valence-corrected chi connectivity index (χ3v) is 4.26. The van der Waals surface area contributed by atoms with Crippen LogP contribution in [0.5, 0.6) is 0 Å². The highest BCUT2D eigenvalue weighted by Crippen LogP contribution is 2.30. The zero-order valence-electron chi connectivity index (χ0n) is 11.8. The van der Waals surface area contributed by atoms with Crippen molar-refractivity contribution in [2.45, 2.75) is 19.9 Å². The highest BCUT2D eigenvalue weighted by Gasteiger charge is 2.15. The van der Waals surface area contributed by atoms with Gasteiger partial charge in [-0.05, 0) is 37.1 Å². The molecule has 0 fully saturated rings. The average molecular weight is 346 g/mol. The van der Waals surface area contributed by atoms with Crippen molar-refractivity contribution < 1.29 is 0 Å². The van der Waals surface area contributed by atoms with Gasteiger partial charge in [0.05, 0.1) is 17.1 Å². The molecule has 3 rings (SSSR count). The van der Waals surface area contributed by atoms with Gasteiger partial charge in [0.2, 0.25) is 0 Å². The van der Waals surface area contributed by atoms with E-state index in [1.165, 1.54) is 11.1 Å². The number of hydrogen-bond acceptors (Lipinski definition) is 2. The second kappa shape index (κ2) is 5.16. The molecular weight excluding hydrogens is 330 g/mol. The Labute approximate surface area is 130 Å². The molecule has 0 saturated carbocycles. The minimum atomic E-state index is -0.249. The lowest BCUT2D eigenvalue weighted by Crippen LogP contribution is -2.13. The zero-order chi connectivity index (χ0) is 15.1. The molecule has 0 bridgehead atoms. The minimum absolute atomic E-state index is 0.214. The number of aromatic amines is 2. The highest BCUT2D eigenvalue weighted by atomic mass is 79.9. The van der Waals surface area contributed by atoms with Crippen LogP contribution in [0.15, 0.2) is 39.6 Å². The van der Waals surface area contributed by atoms with Crippen molar-refractivity contribution in [1.82, 2.24) is 9.97 Å². The predicted octanol–water partition coefficient (Wildman–Crippen LogP) is 3.28. The smallest absolute Gasteiger partial charge is 0.320 e. The molecule has 0 spiro atoms. The lowest BCUT2D eigenvalue weighted by atomic mass is 9.96. The molecule has 3 aromatic rings. The van der Waals surface area contributed by atoms with E-state index in [2.05, 4.69) is 57.9 Å². The molecule has 4 nitrogen and oxygen atoms in total. The van der Waals surface area contributed by atoms with Crippen molar-refractivity contribution in [2.24, 2.45) is 5.73 Å². The fourth-order valence-corrected chi connectivity index (χ4v) is 3.27. The van der Waals surface area contributed by atoms with Crippen molar-refractivity contribution in [3.63, 3.8) is 0 Å². The number of imidazole rings is 1. The quantitative estimate of drug-likeness (QED) is 0.666. The van der Waals surface area contributed by atoms with E-state index in [9.17, 15) is 4.79 Å². The number of nitrogens with one attached hydrogen (secondary N) is 2. The van der Waals surface area contributed by atoms with Gasteiger partial charge in [0.1, 0.15) is 0 Å². The lowest BCUT2D eigenvalue weighted by Gasteiger charge is -2.16. The monoisotopic (exact) mass is 345 g/mol. The second-order valence-corrected chi connectivity index (χ2v) is 6.25. The summed E-state index contributed by atoms with van der Waals surface area (Å²) in [7, 11) is 0. The van der Waals surface area contributed by atoms with E-state index in [-0.39, 0.29) is 11.7 Å². The van der Waals surface area contributed by atoms with Gasteiger partial charge in [-0.2, -0.15) is 0 Å². The maximum absolute atomic E-state index is 11.4. The Morgan fingerprint density at radius 3 is 2.19 bits per heavy atom. The molecule has 1 heterocycles. The van der Waals surface area contributed by atoms with Gasteiger partial charge < -0.3 is 15.7 Å². The number of halogens is 1. The number of H-pyrrole nitrogens is 2. The van der Waals surface area contributed by atoms with E-state index < -0.39 is 0 Å². The summed E-state index contributed by atoms with van der Waals surface area (Å²) in [6, 6.07) is 9.85. The maximum atomic E-state index is 11.4. The van der Waals surface area contributed by atoms with Crippen LogP contribution in [0.3, 0.4) is 0 Å². The Bertz CT molecular complexity index is 859. The van der Waals surface area contributed by atoms with E-state index in [1.807, 2.05) is 12.1 Å². The largest absolute Gasteiger partial charge is 0.323 e. The number of aromatic nitrogens is 2. The van der Waals surface area contributed by atoms with Crippen molar-refractivity contribution >= 4 is 27.0 Å². The number of rotatable bonds is 2. The average Bonchev–Trinajstić information content (AvgIpc) is 2.75. The van der Waals surface area contributed by atoms with Crippen LogP contribution in [0.4, 0.5) is 0 Å². The summed E-state index contributed by atoms with van der Waals surface area (Å²) in [6.07, 6.45) is 0. The first-order valence-corrected chi connectivity index (χ1v) is 7.48. The van der Waals surface area contributed by atoms with Crippen molar-refractivity contribution in [3.05, 3.63) is 67.5 Å². The molecule has 0 aliphatic heterocycles. The first-order valence-electron chi connectivity index (χ1n) is 6.69. The fraction of sp³-hybridized carbons (Fsp3) is 0.188. The van der Waals surface area contributed by atoms with E-state index in [0.29, 0.717) is 0 Å². The van der Waals surface area contributed by atoms with Crippen LogP contribution in [-0.2, 0) is 0 Å². The van der Waals surface area contributed by atoms with Crippen LogP contribution >= 0.6 is 15.9 Å². The van der Waals surface area contributed by atoms with Gasteiger partial charge in [0.15, 0.2) is 0 Å². The molecule has 21 heavy (non-hydrogen) atoms. The minimum Gasteiger partial charge on any atom is -0.320 e. The van der Waals surface area contributed by atoms with Gasteiger partial charge in [0.25, 0.3) is 0 Å². The van der Waals surface area contributed by atoms with Gasteiger partial charge >= 0.3 is 5.69 Å². The Kier molecular flexibility index (Phi) is 3.47. The maximum Gasteiger partial charge on any atom is 0.323 e. The summed E-state index contributed by atoms with van der Waals surface area (Å²) >= 11 is 3.55. The molecule has 0 aliphatic carbocycles. The van der Waals surface area contributed by atoms with Crippen LogP contribution in [0, 0.1) is 13.8 Å². The van der Waals surface area contributed by atoms with Crippen molar-refractivity contribution in [1.29, 1.82) is 0 Å². The normalized spacial score (nSPS) is 12.8. The van der Waals surface area contributed by atoms with Crippen LogP contribution in [0.1, 0.15) is 28.3 Å². The predicted molar refractivity (Wildman–Crippen MR) is 88.6 cm³/mol. The van der Waals surface area contributed by atoms with Crippen LogP contribution in [-0.4, -0.2) is 9.97 Å². The lowest BCUT2D eigenvalue weighted by molar-refractivity contribution is 0.864. The summed E-state index contributed by atoms with van der Waals surface area (Å²) in [5.41, 5.74) is 12.1. The zero-order valence-corrected chi connectivity index (χ0v) is 13.4. The highest BCUT2D eigenvalue weighted by molar-refractivity contribution is 9.10. The summed E-state index contributed by atoms with van der Waals surface area (Å²) in [5, 5.41) is 0. The molecule has 0 aliphatic rings. The molecule has 5 heteroatoms. The van der Waals surface area contributed by atoms with Crippen molar-refractivity contribution in [3.8, 4) is 0 Å². The van der Waals surface area contributed by atoms with Gasteiger partial charge in [-0.25, -0.2) is 4.79 Å². The molecule has 0 saturated heterocycles. The molecule has 0 amide bonds. The number of aryl methyl sites for hydroxylation is 2. The van der Waals surface area contributed by atoms with Gasteiger partial charge in [0, 0.05) is 4.47 Å². The molecule has 0 radical (unpaired) electrons. The molecule has 2 aromatic carbocycles. The number of fused-ring (bicyclic) bond motifs is 1. The molecule has 108 valence electrons. The molecule has 1 unspecified atom stereocenters. The first-order chi connectivity index (χ1) is 9.94. The summed E-state index contributed by atoms with van der Waals surface area (Å²) in [5.74, 6) is 0. The number of hydrogen-bond donors (Lipinski definition) is 3. The van der Waals surface area contributed by atoms with Crippen LogP contribution < -0.4 is 11.4 Å².